The number of carbonyl (C=O) groups is 1. The highest BCUT2D eigenvalue weighted by atomic mass is 35.5. The first-order valence-electron chi connectivity index (χ1n) is 6.71. The zero-order chi connectivity index (χ0) is 15.5. The highest BCUT2D eigenvalue weighted by molar-refractivity contribution is 7.16. The van der Waals surface area contributed by atoms with Gasteiger partial charge in [-0.3, -0.25) is 4.79 Å². The van der Waals surface area contributed by atoms with Crippen LogP contribution in [0.2, 0.25) is 4.34 Å². The molecule has 1 heterocycles. The number of nitrogens with one attached hydrogen (secondary N) is 1. The van der Waals surface area contributed by atoms with E-state index in [1.54, 1.807) is 13.0 Å². The SMILES string of the molecule is CC(C(=O)NCC(C)(O)c1ccccc1)c1ccc(Cl)s1. The Hall–Kier alpha value is -1.36. The van der Waals surface area contributed by atoms with Crippen LogP contribution in [0.1, 0.15) is 30.2 Å². The third-order valence-electron chi connectivity index (χ3n) is 3.42. The molecule has 2 unspecified atom stereocenters. The lowest BCUT2D eigenvalue weighted by Gasteiger charge is -2.25. The molecule has 112 valence electrons. The molecule has 0 saturated heterocycles. The predicted octanol–water partition coefficient (Wildman–Crippen LogP) is 3.53. The van der Waals surface area contributed by atoms with E-state index in [9.17, 15) is 9.90 Å². The van der Waals surface area contributed by atoms with Gasteiger partial charge in [-0.2, -0.15) is 0 Å². The van der Waals surface area contributed by atoms with Crippen LogP contribution in [0.3, 0.4) is 0 Å². The van der Waals surface area contributed by atoms with E-state index in [4.69, 9.17) is 11.6 Å². The summed E-state index contributed by atoms with van der Waals surface area (Å²) in [7, 11) is 0. The second kappa shape index (κ2) is 6.60. The number of halogens is 1. The zero-order valence-electron chi connectivity index (χ0n) is 12.0. The van der Waals surface area contributed by atoms with Crippen molar-refractivity contribution in [2.24, 2.45) is 0 Å². The average molecular weight is 324 g/mol. The molecule has 1 amide bonds. The molecule has 0 bridgehead atoms. The highest BCUT2D eigenvalue weighted by Gasteiger charge is 2.25. The highest BCUT2D eigenvalue weighted by Crippen LogP contribution is 2.28. The smallest absolute Gasteiger partial charge is 0.228 e. The first-order valence-corrected chi connectivity index (χ1v) is 7.90. The molecule has 0 saturated carbocycles. The van der Waals surface area contributed by atoms with Gasteiger partial charge in [-0.15, -0.1) is 11.3 Å². The van der Waals surface area contributed by atoms with Crippen LogP contribution in [0.15, 0.2) is 42.5 Å². The molecule has 2 aromatic rings. The number of hydrogen-bond acceptors (Lipinski definition) is 3. The fourth-order valence-electron chi connectivity index (χ4n) is 2.00. The van der Waals surface area contributed by atoms with E-state index < -0.39 is 5.60 Å². The number of benzene rings is 1. The van der Waals surface area contributed by atoms with Crippen LogP contribution in [0, 0.1) is 0 Å². The predicted molar refractivity (Wildman–Crippen MR) is 86.8 cm³/mol. The number of amides is 1. The van der Waals surface area contributed by atoms with Crippen molar-refractivity contribution in [1.82, 2.24) is 5.32 Å². The number of hydrogen-bond donors (Lipinski definition) is 2. The lowest BCUT2D eigenvalue weighted by atomic mass is 9.96. The Morgan fingerprint density at radius 3 is 2.57 bits per heavy atom. The summed E-state index contributed by atoms with van der Waals surface area (Å²) in [5, 5.41) is 13.3. The molecule has 3 nitrogen and oxygen atoms in total. The minimum Gasteiger partial charge on any atom is -0.384 e. The summed E-state index contributed by atoms with van der Waals surface area (Å²) in [4.78, 5) is 13.1. The first-order chi connectivity index (χ1) is 9.90. The third kappa shape index (κ3) is 4.06. The van der Waals surface area contributed by atoms with Crippen molar-refractivity contribution in [1.29, 1.82) is 0 Å². The van der Waals surface area contributed by atoms with Gasteiger partial charge >= 0.3 is 0 Å². The summed E-state index contributed by atoms with van der Waals surface area (Å²) >= 11 is 7.28. The van der Waals surface area contributed by atoms with Crippen LogP contribution in [0.25, 0.3) is 0 Å². The minimum absolute atomic E-state index is 0.121. The fourth-order valence-corrected chi connectivity index (χ4v) is 3.11. The maximum absolute atomic E-state index is 12.2. The maximum Gasteiger partial charge on any atom is 0.228 e. The van der Waals surface area contributed by atoms with Gasteiger partial charge in [0, 0.05) is 4.88 Å². The van der Waals surface area contributed by atoms with Gasteiger partial charge in [0.2, 0.25) is 5.91 Å². The summed E-state index contributed by atoms with van der Waals surface area (Å²) in [6, 6.07) is 12.9. The standard InChI is InChI=1S/C16H18ClNO2S/c1-11(13-8-9-14(17)21-13)15(19)18-10-16(2,20)12-6-4-3-5-7-12/h3-9,11,20H,10H2,1-2H3,(H,18,19). The van der Waals surface area contributed by atoms with E-state index in [-0.39, 0.29) is 18.4 Å². The molecule has 2 atom stereocenters. The molecule has 0 aliphatic carbocycles. The Morgan fingerprint density at radius 2 is 2.00 bits per heavy atom. The Labute approximate surface area is 133 Å². The molecule has 0 aliphatic heterocycles. The van der Waals surface area contributed by atoms with Gasteiger partial charge in [-0.05, 0) is 31.5 Å². The summed E-state index contributed by atoms with van der Waals surface area (Å²) in [5.74, 6) is -0.404. The molecule has 0 radical (unpaired) electrons. The van der Waals surface area contributed by atoms with Gasteiger partial charge in [0.05, 0.1) is 16.8 Å². The Bertz CT molecular complexity index is 610. The normalized spacial score (nSPS) is 15.2. The lowest BCUT2D eigenvalue weighted by molar-refractivity contribution is -0.123. The zero-order valence-corrected chi connectivity index (χ0v) is 13.5. The number of thiophene rings is 1. The maximum atomic E-state index is 12.2. The van der Waals surface area contributed by atoms with Crippen molar-refractivity contribution >= 4 is 28.8 Å². The van der Waals surface area contributed by atoms with Crippen molar-refractivity contribution in [3.63, 3.8) is 0 Å². The van der Waals surface area contributed by atoms with Gasteiger partial charge in [0.15, 0.2) is 0 Å². The monoisotopic (exact) mass is 323 g/mol. The molecule has 0 spiro atoms. The fraction of sp³-hybridized carbons (Fsp3) is 0.312. The average Bonchev–Trinajstić information content (AvgIpc) is 2.91. The molecule has 1 aromatic heterocycles. The summed E-state index contributed by atoms with van der Waals surface area (Å²) in [5.41, 5.74) is -0.318. The summed E-state index contributed by atoms with van der Waals surface area (Å²) < 4.78 is 0.668. The summed E-state index contributed by atoms with van der Waals surface area (Å²) in [6.07, 6.45) is 0. The third-order valence-corrected chi connectivity index (χ3v) is 4.83. The van der Waals surface area contributed by atoms with Crippen LogP contribution in [0.5, 0.6) is 0 Å². The quantitative estimate of drug-likeness (QED) is 0.884. The van der Waals surface area contributed by atoms with Gasteiger partial charge in [0.1, 0.15) is 5.60 Å². The van der Waals surface area contributed by atoms with Gasteiger partial charge in [-0.25, -0.2) is 0 Å². The second-order valence-corrected chi connectivity index (χ2v) is 6.97. The van der Waals surface area contributed by atoms with Gasteiger partial charge < -0.3 is 10.4 Å². The van der Waals surface area contributed by atoms with Crippen molar-refractivity contribution < 1.29 is 9.90 Å². The van der Waals surface area contributed by atoms with Crippen LogP contribution in [-0.2, 0) is 10.4 Å². The van der Waals surface area contributed by atoms with Crippen molar-refractivity contribution in [3.05, 3.63) is 57.2 Å². The molecule has 5 heteroatoms. The molecule has 0 aliphatic rings. The van der Waals surface area contributed by atoms with E-state index in [1.807, 2.05) is 43.3 Å². The van der Waals surface area contributed by atoms with Crippen LogP contribution in [-0.4, -0.2) is 17.6 Å². The molecule has 1 aromatic carbocycles. The number of rotatable bonds is 5. The molecule has 21 heavy (non-hydrogen) atoms. The summed E-state index contributed by atoms with van der Waals surface area (Å²) in [6.45, 7) is 3.68. The van der Waals surface area contributed by atoms with Crippen LogP contribution >= 0.6 is 22.9 Å². The molecule has 0 fully saturated rings. The van der Waals surface area contributed by atoms with Crippen molar-refractivity contribution in [3.8, 4) is 0 Å². The molecular weight excluding hydrogens is 306 g/mol. The number of aliphatic hydroxyl groups is 1. The molecule has 2 N–H and O–H groups in total. The minimum atomic E-state index is -1.09. The van der Waals surface area contributed by atoms with E-state index in [0.29, 0.717) is 4.34 Å². The van der Waals surface area contributed by atoms with E-state index in [0.717, 1.165) is 10.4 Å². The van der Waals surface area contributed by atoms with Crippen LogP contribution < -0.4 is 5.32 Å². The van der Waals surface area contributed by atoms with Crippen LogP contribution in [0.4, 0.5) is 0 Å². The second-order valence-electron chi connectivity index (χ2n) is 5.22. The first kappa shape index (κ1) is 16.0. The molecular formula is C16H18ClNO2S. The van der Waals surface area contributed by atoms with E-state index in [2.05, 4.69) is 5.32 Å². The largest absolute Gasteiger partial charge is 0.384 e. The van der Waals surface area contributed by atoms with Crippen molar-refractivity contribution in [2.75, 3.05) is 6.54 Å². The topological polar surface area (TPSA) is 49.3 Å². The van der Waals surface area contributed by atoms with Crippen molar-refractivity contribution in [2.45, 2.75) is 25.4 Å². The Balaban J connectivity index is 1.97. The number of carbonyl (C=O) groups excluding carboxylic acids is 1. The van der Waals surface area contributed by atoms with Gasteiger partial charge in [0.25, 0.3) is 0 Å². The van der Waals surface area contributed by atoms with E-state index in [1.165, 1.54) is 11.3 Å². The Kier molecular flexibility index (Phi) is 5.04. The lowest BCUT2D eigenvalue weighted by Crippen LogP contribution is -2.40. The van der Waals surface area contributed by atoms with Gasteiger partial charge in [-0.1, -0.05) is 41.9 Å². The molecule has 2 rings (SSSR count). The Morgan fingerprint density at radius 1 is 1.33 bits per heavy atom. The van der Waals surface area contributed by atoms with E-state index >= 15 is 0 Å².